The van der Waals surface area contributed by atoms with E-state index in [1.165, 1.54) is 11.8 Å². The van der Waals surface area contributed by atoms with Gasteiger partial charge < -0.3 is 0 Å². The number of thioether (sulfide) groups is 1. The first-order chi connectivity index (χ1) is 4.33. The Morgan fingerprint density at radius 2 is 2.33 bits per heavy atom. The van der Waals surface area contributed by atoms with Crippen LogP contribution in [0.25, 0.3) is 0 Å². The molecule has 9 heavy (non-hydrogen) atoms. The highest BCUT2D eigenvalue weighted by Gasteiger charge is 1.94. The quantitative estimate of drug-likeness (QED) is 0.546. The summed E-state index contributed by atoms with van der Waals surface area (Å²) in [6, 6.07) is 0. The molecule has 0 aliphatic heterocycles. The van der Waals surface area contributed by atoms with Gasteiger partial charge >= 0.3 is 6.08 Å². The van der Waals surface area contributed by atoms with E-state index in [1.54, 1.807) is 6.26 Å². The van der Waals surface area contributed by atoms with E-state index in [0.29, 0.717) is 5.16 Å². The van der Waals surface area contributed by atoms with Crippen LogP contribution in [0.15, 0.2) is 11.5 Å². The predicted octanol–water partition coefficient (Wildman–Crippen LogP) is 0.733. The van der Waals surface area contributed by atoms with E-state index in [2.05, 4.69) is 15.0 Å². The molecule has 48 valence electrons. The molecule has 1 rings (SSSR count). The predicted molar refractivity (Wildman–Crippen MR) is 31.6 cm³/mol. The first-order valence-electron chi connectivity index (χ1n) is 2.21. The molecule has 0 saturated carbocycles. The summed E-state index contributed by atoms with van der Waals surface area (Å²) in [6.07, 6.45) is 2.19. The summed E-state index contributed by atoms with van der Waals surface area (Å²) in [5.74, 6) is 0. The maximum Gasteiger partial charge on any atom is 0.312 e. The van der Waals surface area contributed by atoms with Crippen molar-refractivity contribution in [2.45, 2.75) is 5.16 Å². The van der Waals surface area contributed by atoms with Gasteiger partial charge in [0, 0.05) is 0 Å². The summed E-state index contributed by atoms with van der Waals surface area (Å²) in [4.78, 5) is 10.2. The SMILES string of the molecule is CSc1ncnc(F)n1. The second-order valence-electron chi connectivity index (χ2n) is 1.24. The molecule has 0 aromatic carbocycles. The molecular formula is C4H4FN3S. The van der Waals surface area contributed by atoms with Gasteiger partial charge in [-0.05, 0) is 6.26 Å². The third kappa shape index (κ3) is 1.60. The number of nitrogens with zero attached hydrogens (tertiary/aromatic N) is 3. The molecule has 1 aromatic rings. The molecule has 0 bridgehead atoms. The van der Waals surface area contributed by atoms with Crippen molar-refractivity contribution in [3.63, 3.8) is 0 Å². The third-order valence-electron chi connectivity index (χ3n) is 0.703. The van der Waals surface area contributed by atoms with Crippen LogP contribution in [0.5, 0.6) is 0 Å². The summed E-state index contributed by atoms with van der Waals surface area (Å²) in [7, 11) is 0. The molecule has 0 amide bonds. The maximum atomic E-state index is 12.1. The van der Waals surface area contributed by atoms with Crippen LogP contribution < -0.4 is 0 Å². The van der Waals surface area contributed by atoms with E-state index in [1.807, 2.05) is 0 Å². The van der Waals surface area contributed by atoms with E-state index in [4.69, 9.17) is 0 Å². The zero-order valence-electron chi connectivity index (χ0n) is 4.71. The number of aromatic nitrogens is 3. The lowest BCUT2D eigenvalue weighted by Crippen LogP contribution is -1.91. The summed E-state index contributed by atoms with van der Waals surface area (Å²) in [6.45, 7) is 0. The van der Waals surface area contributed by atoms with Crippen molar-refractivity contribution in [3.05, 3.63) is 12.4 Å². The van der Waals surface area contributed by atoms with Crippen LogP contribution in [0.1, 0.15) is 0 Å². The summed E-state index contributed by atoms with van der Waals surface area (Å²) >= 11 is 1.28. The standard InChI is InChI=1S/C4H4FN3S/c1-9-4-7-2-6-3(5)8-4/h2H,1H3. The molecule has 3 nitrogen and oxygen atoms in total. The Morgan fingerprint density at radius 3 is 2.78 bits per heavy atom. The van der Waals surface area contributed by atoms with E-state index in [9.17, 15) is 4.39 Å². The normalized spacial score (nSPS) is 9.56. The summed E-state index contributed by atoms with van der Waals surface area (Å²) < 4.78 is 12.1. The van der Waals surface area contributed by atoms with Gasteiger partial charge in [0.15, 0.2) is 5.16 Å². The zero-order valence-corrected chi connectivity index (χ0v) is 5.52. The smallest absolute Gasteiger partial charge is 0.211 e. The summed E-state index contributed by atoms with van der Waals surface area (Å²) in [5.41, 5.74) is 0. The molecule has 1 heterocycles. The molecule has 5 heteroatoms. The number of hydrogen-bond acceptors (Lipinski definition) is 4. The van der Waals surface area contributed by atoms with Gasteiger partial charge in [0.25, 0.3) is 0 Å². The van der Waals surface area contributed by atoms with E-state index in [-0.39, 0.29) is 0 Å². The average Bonchev–Trinajstić information content (AvgIpc) is 1.88. The van der Waals surface area contributed by atoms with E-state index >= 15 is 0 Å². The molecular weight excluding hydrogens is 141 g/mol. The van der Waals surface area contributed by atoms with Gasteiger partial charge in [0.05, 0.1) is 0 Å². The fourth-order valence-corrected chi connectivity index (χ4v) is 0.680. The lowest BCUT2D eigenvalue weighted by Gasteiger charge is -1.89. The number of hydrogen-bond donors (Lipinski definition) is 0. The monoisotopic (exact) mass is 145 g/mol. The molecule has 1 aromatic heterocycles. The van der Waals surface area contributed by atoms with E-state index in [0.717, 1.165) is 6.33 Å². The van der Waals surface area contributed by atoms with Crippen LogP contribution in [0.3, 0.4) is 0 Å². The minimum atomic E-state index is -0.727. The highest BCUT2D eigenvalue weighted by molar-refractivity contribution is 7.98. The summed E-state index contributed by atoms with van der Waals surface area (Å²) in [5, 5.41) is 0.405. The lowest BCUT2D eigenvalue weighted by atomic mass is 11.0. The highest BCUT2D eigenvalue weighted by Crippen LogP contribution is 2.04. The Balaban J connectivity index is 2.94. The molecule has 0 spiro atoms. The number of halogens is 1. The van der Waals surface area contributed by atoms with Crippen LogP contribution in [0, 0.1) is 6.08 Å². The van der Waals surface area contributed by atoms with Crippen molar-refractivity contribution in [2.24, 2.45) is 0 Å². The van der Waals surface area contributed by atoms with Gasteiger partial charge in [-0.1, -0.05) is 11.8 Å². The molecule has 0 aliphatic rings. The van der Waals surface area contributed by atoms with Gasteiger partial charge in [0.1, 0.15) is 6.33 Å². The highest BCUT2D eigenvalue weighted by atomic mass is 32.2. The van der Waals surface area contributed by atoms with Gasteiger partial charge in [-0.25, -0.2) is 4.98 Å². The molecule has 0 radical (unpaired) electrons. The van der Waals surface area contributed by atoms with Gasteiger partial charge in [0.2, 0.25) is 0 Å². The van der Waals surface area contributed by atoms with Gasteiger partial charge in [-0.2, -0.15) is 14.4 Å². The molecule has 0 saturated heterocycles. The maximum absolute atomic E-state index is 12.1. The minimum Gasteiger partial charge on any atom is -0.211 e. The first kappa shape index (κ1) is 6.41. The van der Waals surface area contributed by atoms with Crippen molar-refractivity contribution in [1.82, 2.24) is 15.0 Å². The largest absolute Gasteiger partial charge is 0.312 e. The van der Waals surface area contributed by atoms with Crippen LogP contribution in [-0.4, -0.2) is 21.2 Å². The Kier molecular flexibility index (Phi) is 1.94. The van der Waals surface area contributed by atoms with Crippen molar-refractivity contribution in [2.75, 3.05) is 6.26 Å². The third-order valence-corrected chi connectivity index (χ3v) is 1.26. The Hall–Kier alpha value is -0.710. The van der Waals surface area contributed by atoms with Crippen LogP contribution in [0.2, 0.25) is 0 Å². The fourth-order valence-electron chi connectivity index (χ4n) is 0.361. The molecule has 0 N–H and O–H groups in total. The van der Waals surface area contributed by atoms with Crippen molar-refractivity contribution in [3.8, 4) is 0 Å². The molecule has 0 aliphatic carbocycles. The Morgan fingerprint density at radius 1 is 1.56 bits per heavy atom. The van der Waals surface area contributed by atoms with Crippen molar-refractivity contribution < 1.29 is 4.39 Å². The Labute approximate surface area is 55.7 Å². The van der Waals surface area contributed by atoms with Crippen molar-refractivity contribution >= 4 is 11.8 Å². The second kappa shape index (κ2) is 2.72. The molecule has 0 unspecified atom stereocenters. The molecule has 0 fully saturated rings. The zero-order chi connectivity index (χ0) is 6.69. The van der Waals surface area contributed by atoms with E-state index < -0.39 is 6.08 Å². The van der Waals surface area contributed by atoms with Gasteiger partial charge in [-0.3, -0.25) is 0 Å². The fraction of sp³-hybridized carbons (Fsp3) is 0.250. The van der Waals surface area contributed by atoms with Crippen LogP contribution >= 0.6 is 11.8 Å². The van der Waals surface area contributed by atoms with Crippen LogP contribution in [0.4, 0.5) is 4.39 Å². The topological polar surface area (TPSA) is 38.7 Å². The first-order valence-corrected chi connectivity index (χ1v) is 3.44. The Bertz CT molecular complexity index is 205. The van der Waals surface area contributed by atoms with Crippen molar-refractivity contribution in [1.29, 1.82) is 0 Å². The molecule has 0 atom stereocenters. The average molecular weight is 145 g/mol. The lowest BCUT2D eigenvalue weighted by molar-refractivity contribution is 0.515. The second-order valence-corrected chi connectivity index (χ2v) is 2.01. The number of rotatable bonds is 1. The van der Waals surface area contributed by atoms with Gasteiger partial charge in [-0.15, -0.1) is 0 Å². The minimum absolute atomic E-state index is 0.405. The van der Waals surface area contributed by atoms with Crippen LogP contribution in [-0.2, 0) is 0 Å².